The molecule has 1 fully saturated rings. The topological polar surface area (TPSA) is 98.5 Å². The lowest BCUT2D eigenvalue weighted by Gasteiger charge is -2.24. The van der Waals surface area contributed by atoms with Gasteiger partial charge in [-0.15, -0.1) is 0 Å². The lowest BCUT2D eigenvalue weighted by molar-refractivity contribution is 0.0497. The standard InChI is InChI=1S/C21H25ClN2O4S/c1-20(2,3)28-19(25)24-21(13-23)17(14-9-11-15(22)12-10-14)18(21)29(26,27)16-7-5-4-6-8-16/h4-12,17-18H,13,23H2,1-3H3,(H,24,25)/t17-,18-,21-/m0/s1. The molecule has 3 atom stereocenters. The number of sulfone groups is 1. The number of rotatable bonds is 5. The van der Waals surface area contributed by atoms with Gasteiger partial charge in [0.1, 0.15) is 10.9 Å². The van der Waals surface area contributed by atoms with Crippen LogP contribution in [0, 0.1) is 0 Å². The monoisotopic (exact) mass is 436 g/mol. The van der Waals surface area contributed by atoms with Crippen molar-refractivity contribution in [2.75, 3.05) is 6.54 Å². The Bertz CT molecular complexity index is 988. The van der Waals surface area contributed by atoms with Crippen molar-refractivity contribution in [3.05, 3.63) is 65.2 Å². The fourth-order valence-corrected chi connectivity index (χ4v) is 6.19. The second-order valence-electron chi connectivity index (χ2n) is 8.18. The summed E-state index contributed by atoms with van der Waals surface area (Å²) in [5.41, 5.74) is 4.88. The largest absolute Gasteiger partial charge is 0.444 e. The van der Waals surface area contributed by atoms with Crippen molar-refractivity contribution in [3.63, 3.8) is 0 Å². The summed E-state index contributed by atoms with van der Waals surface area (Å²) >= 11 is 5.99. The van der Waals surface area contributed by atoms with Gasteiger partial charge in [0.2, 0.25) is 0 Å². The third-order valence-corrected chi connectivity index (χ3v) is 7.51. The number of hydrogen-bond donors (Lipinski definition) is 2. The number of nitrogens with two attached hydrogens (primary N) is 1. The number of nitrogens with one attached hydrogen (secondary N) is 1. The molecule has 0 heterocycles. The Labute approximate surface area is 176 Å². The molecule has 2 aromatic rings. The van der Waals surface area contributed by atoms with Crippen molar-refractivity contribution >= 4 is 27.5 Å². The molecule has 1 saturated carbocycles. The molecule has 0 bridgehead atoms. The van der Waals surface area contributed by atoms with E-state index < -0.39 is 38.2 Å². The van der Waals surface area contributed by atoms with Gasteiger partial charge in [-0.25, -0.2) is 13.2 Å². The highest BCUT2D eigenvalue weighted by Gasteiger charge is 2.71. The summed E-state index contributed by atoms with van der Waals surface area (Å²) in [7, 11) is -3.77. The van der Waals surface area contributed by atoms with Gasteiger partial charge in [-0.1, -0.05) is 41.9 Å². The molecule has 29 heavy (non-hydrogen) atoms. The molecule has 0 spiro atoms. The van der Waals surface area contributed by atoms with E-state index in [1.807, 2.05) is 0 Å². The first-order valence-corrected chi connectivity index (χ1v) is 11.2. The maximum atomic E-state index is 13.4. The summed E-state index contributed by atoms with van der Waals surface area (Å²) in [6.45, 7) is 5.16. The van der Waals surface area contributed by atoms with Crippen molar-refractivity contribution in [3.8, 4) is 0 Å². The molecule has 1 aliphatic carbocycles. The van der Waals surface area contributed by atoms with E-state index in [0.717, 1.165) is 5.56 Å². The van der Waals surface area contributed by atoms with E-state index in [-0.39, 0.29) is 11.4 Å². The van der Waals surface area contributed by atoms with Gasteiger partial charge in [-0.05, 0) is 50.6 Å². The van der Waals surface area contributed by atoms with Crippen LogP contribution in [0.3, 0.4) is 0 Å². The van der Waals surface area contributed by atoms with E-state index in [0.29, 0.717) is 5.02 Å². The highest BCUT2D eigenvalue weighted by Crippen LogP contribution is 2.57. The second-order valence-corrected chi connectivity index (χ2v) is 10.7. The van der Waals surface area contributed by atoms with Crippen molar-refractivity contribution < 1.29 is 17.9 Å². The molecule has 0 aliphatic heterocycles. The van der Waals surface area contributed by atoms with Crippen LogP contribution in [0.15, 0.2) is 59.5 Å². The first-order valence-electron chi connectivity index (χ1n) is 9.27. The van der Waals surface area contributed by atoms with E-state index in [1.54, 1.807) is 75.4 Å². The third-order valence-electron chi connectivity index (χ3n) is 4.96. The highest BCUT2D eigenvalue weighted by atomic mass is 35.5. The van der Waals surface area contributed by atoms with E-state index in [9.17, 15) is 13.2 Å². The number of hydrogen-bond acceptors (Lipinski definition) is 5. The predicted molar refractivity (Wildman–Crippen MR) is 113 cm³/mol. The smallest absolute Gasteiger partial charge is 0.408 e. The van der Waals surface area contributed by atoms with Crippen LogP contribution in [0.2, 0.25) is 5.02 Å². The van der Waals surface area contributed by atoms with Crippen LogP contribution in [-0.2, 0) is 14.6 Å². The van der Waals surface area contributed by atoms with Crippen LogP contribution in [0.5, 0.6) is 0 Å². The minimum absolute atomic E-state index is 0.0593. The number of carbonyl (C=O) groups excluding carboxylic acids is 1. The molecule has 6 nitrogen and oxygen atoms in total. The van der Waals surface area contributed by atoms with E-state index >= 15 is 0 Å². The Kier molecular flexibility index (Phi) is 5.69. The zero-order valence-electron chi connectivity index (χ0n) is 16.6. The van der Waals surface area contributed by atoms with Gasteiger partial charge in [0, 0.05) is 17.5 Å². The fourth-order valence-electron chi connectivity index (χ4n) is 3.70. The van der Waals surface area contributed by atoms with Gasteiger partial charge in [-0.3, -0.25) is 0 Å². The van der Waals surface area contributed by atoms with Crippen LogP contribution in [-0.4, -0.2) is 37.4 Å². The summed E-state index contributed by atoms with van der Waals surface area (Å²) in [5, 5.41) is 2.38. The summed E-state index contributed by atoms with van der Waals surface area (Å²) in [6.07, 6.45) is -0.701. The van der Waals surface area contributed by atoms with Crippen molar-refractivity contribution in [1.29, 1.82) is 0 Å². The van der Waals surface area contributed by atoms with Gasteiger partial charge >= 0.3 is 6.09 Å². The number of benzene rings is 2. The Hall–Kier alpha value is -2.09. The molecule has 3 rings (SSSR count). The summed E-state index contributed by atoms with van der Waals surface area (Å²) in [5.74, 6) is -0.525. The van der Waals surface area contributed by atoms with Gasteiger partial charge in [-0.2, -0.15) is 0 Å². The van der Waals surface area contributed by atoms with Crippen LogP contribution in [0.4, 0.5) is 4.79 Å². The first-order chi connectivity index (χ1) is 13.5. The number of halogens is 1. The van der Waals surface area contributed by atoms with Gasteiger partial charge in [0.25, 0.3) is 0 Å². The number of alkyl carbamates (subject to hydrolysis) is 1. The van der Waals surface area contributed by atoms with Crippen LogP contribution < -0.4 is 11.1 Å². The molecule has 0 radical (unpaired) electrons. The molecule has 2 aromatic carbocycles. The molecular formula is C21H25ClN2O4S. The molecule has 1 amide bonds. The average molecular weight is 437 g/mol. The quantitative estimate of drug-likeness (QED) is 0.747. The van der Waals surface area contributed by atoms with E-state index in [2.05, 4.69) is 5.32 Å². The number of carbonyl (C=O) groups is 1. The molecule has 1 aliphatic rings. The lowest BCUT2D eigenvalue weighted by Crippen LogP contribution is -2.49. The average Bonchev–Trinajstić information content (AvgIpc) is 3.31. The predicted octanol–water partition coefficient (Wildman–Crippen LogP) is 3.50. The number of amides is 1. The minimum Gasteiger partial charge on any atom is -0.444 e. The minimum atomic E-state index is -3.77. The molecule has 0 unspecified atom stereocenters. The van der Waals surface area contributed by atoms with Gasteiger partial charge in [0.15, 0.2) is 9.84 Å². The van der Waals surface area contributed by atoms with Crippen LogP contribution in [0.25, 0.3) is 0 Å². The number of ether oxygens (including phenoxy) is 1. The maximum absolute atomic E-state index is 13.4. The Morgan fingerprint density at radius 1 is 1.14 bits per heavy atom. The van der Waals surface area contributed by atoms with Crippen molar-refractivity contribution in [2.24, 2.45) is 5.73 Å². The third kappa shape index (κ3) is 4.27. The normalized spacial score (nSPS) is 24.0. The molecule has 0 saturated heterocycles. The SMILES string of the molecule is CC(C)(C)OC(=O)N[C@@]1(CN)[C@@H](c2ccc(Cl)cc2)[C@@H]1S(=O)(=O)c1ccccc1. The lowest BCUT2D eigenvalue weighted by atomic mass is 10.1. The summed E-state index contributed by atoms with van der Waals surface area (Å²) in [4.78, 5) is 12.7. The summed E-state index contributed by atoms with van der Waals surface area (Å²) < 4.78 is 32.2. The van der Waals surface area contributed by atoms with Crippen molar-refractivity contribution in [1.82, 2.24) is 5.32 Å². The molecule has 8 heteroatoms. The zero-order chi connectivity index (χ0) is 21.4. The van der Waals surface area contributed by atoms with Crippen molar-refractivity contribution in [2.45, 2.75) is 48.0 Å². The molecule has 3 N–H and O–H groups in total. The van der Waals surface area contributed by atoms with Gasteiger partial charge < -0.3 is 15.8 Å². The Morgan fingerprint density at radius 3 is 2.24 bits per heavy atom. The molecular weight excluding hydrogens is 412 g/mol. The van der Waals surface area contributed by atoms with E-state index in [4.69, 9.17) is 22.1 Å². The Morgan fingerprint density at radius 2 is 1.72 bits per heavy atom. The molecule has 0 aromatic heterocycles. The Balaban J connectivity index is 2.03. The molecule has 156 valence electrons. The summed E-state index contributed by atoms with van der Waals surface area (Å²) in [6, 6.07) is 15.1. The van der Waals surface area contributed by atoms with E-state index in [1.165, 1.54) is 0 Å². The van der Waals surface area contributed by atoms with Gasteiger partial charge in [0.05, 0.1) is 10.4 Å². The fraction of sp³-hybridized carbons (Fsp3) is 0.381. The zero-order valence-corrected chi connectivity index (χ0v) is 18.1. The maximum Gasteiger partial charge on any atom is 0.408 e. The van der Waals surface area contributed by atoms with Crippen LogP contribution >= 0.6 is 11.6 Å². The first kappa shape index (κ1) is 21.6. The highest BCUT2D eigenvalue weighted by molar-refractivity contribution is 7.92. The second kappa shape index (κ2) is 7.63. The van der Waals surface area contributed by atoms with Crippen LogP contribution in [0.1, 0.15) is 32.3 Å².